The molecule has 124 valence electrons. The van der Waals surface area contributed by atoms with Crippen molar-refractivity contribution in [2.24, 2.45) is 0 Å². The van der Waals surface area contributed by atoms with Gasteiger partial charge in [-0.05, 0) is 36.8 Å². The number of halogens is 1. The van der Waals surface area contributed by atoms with Crippen LogP contribution in [0.5, 0.6) is 0 Å². The maximum atomic E-state index is 13.3. The maximum absolute atomic E-state index is 13.3. The summed E-state index contributed by atoms with van der Waals surface area (Å²) in [6.45, 7) is 2.98. The Bertz CT molecular complexity index is 813. The highest BCUT2D eigenvalue weighted by Gasteiger charge is 2.14. The monoisotopic (exact) mass is 342 g/mol. The van der Waals surface area contributed by atoms with Crippen molar-refractivity contribution >= 4 is 27.5 Å². The van der Waals surface area contributed by atoms with Gasteiger partial charge in [-0.25, -0.2) is 9.37 Å². The number of nitrogens with zero attached hydrogens (tertiary/aromatic N) is 2. The Hall–Kier alpha value is -2.27. The molecule has 1 amide bonds. The molecule has 1 aromatic heterocycles. The summed E-state index contributed by atoms with van der Waals surface area (Å²) in [7, 11) is 0. The molecule has 0 saturated heterocycles. The minimum Gasteiger partial charge on any atom is -0.339 e. The average molecular weight is 342 g/mol. The zero-order chi connectivity index (χ0) is 16.9. The number of amides is 1. The minimum absolute atomic E-state index is 0.0704. The van der Waals surface area contributed by atoms with E-state index in [-0.39, 0.29) is 11.7 Å². The summed E-state index contributed by atoms with van der Waals surface area (Å²) in [5.74, 6) is -0.202. The van der Waals surface area contributed by atoms with Crippen molar-refractivity contribution in [1.29, 1.82) is 0 Å². The van der Waals surface area contributed by atoms with Gasteiger partial charge in [-0.1, -0.05) is 24.3 Å². The molecule has 0 aliphatic rings. The number of hydrogen-bond donors (Lipinski definition) is 0. The standard InChI is InChI=1S/C19H19FN2OS/c1-2-22(13-14-6-5-7-15(20)12-14)19(23)11-10-18-21-16-8-3-4-9-17(16)24-18/h3-9,12H,2,10-11,13H2,1H3. The predicted octanol–water partition coefficient (Wildman–Crippen LogP) is 4.42. The summed E-state index contributed by atoms with van der Waals surface area (Å²) in [6, 6.07) is 14.4. The van der Waals surface area contributed by atoms with Gasteiger partial charge in [-0.2, -0.15) is 0 Å². The molecule has 0 radical (unpaired) electrons. The zero-order valence-corrected chi connectivity index (χ0v) is 14.4. The van der Waals surface area contributed by atoms with Crippen LogP contribution in [0.3, 0.4) is 0 Å². The first-order valence-electron chi connectivity index (χ1n) is 8.02. The van der Waals surface area contributed by atoms with E-state index < -0.39 is 0 Å². The number of fused-ring (bicyclic) bond motifs is 1. The van der Waals surface area contributed by atoms with Crippen LogP contribution in [0.2, 0.25) is 0 Å². The number of benzene rings is 2. The number of thiazole rings is 1. The van der Waals surface area contributed by atoms with Crippen molar-refractivity contribution < 1.29 is 9.18 Å². The number of rotatable bonds is 6. The number of hydrogen-bond acceptors (Lipinski definition) is 3. The molecule has 0 bridgehead atoms. The molecular formula is C19H19FN2OS. The number of para-hydroxylation sites is 1. The first-order valence-corrected chi connectivity index (χ1v) is 8.84. The fourth-order valence-electron chi connectivity index (χ4n) is 2.63. The summed E-state index contributed by atoms with van der Waals surface area (Å²) in [5.41, 5.74) is 1.79. The molecule has 3 aromatic rings. The highest BCUT2D eigenvalue weighted by molar-refractivity contribution is 7.18. The fraction of sp³-hybridized carbons (Fsp3) is 0.263. The molecule has 0 aliphatic carbocycles. The average Bonchev–Trinajstić information content (AvgIpc) is 3.00. The van der Waals surface area contributed by atoms with E-state index in [0.717, 1.165) is 20.8 Å². The second kappa shape index (κ2) is 7.53. The van der Waals surface area contributed by atoms with E-state index in [1.165, 1.54) is 12.1 Å². The lowest BCUT2D eigenvalue weighted by molar-refractivity contribution is -0.131. The zero-order valence-electron chi connectivity index (χ0n) is 13.5. The van der Waals surface area contributed by atoms with E-state index in [2.05, 4.69) is 4.98 Å². The fourth-order valence-corrected chi connectivity index (χ4v) is 3.60. The Morgan fingerprint density at radius 1 is 1.21 bits per heavy atom. The third-order valence-corrected chi connectivity index (χ3v) is 4.98. The molecule has 0 N–H and O–H groups in total. The Kier molecular flexibility index (Phi) is 5.20. The summed E-state index contributed by atoms with van der Waals surface area (Å²) < 4.78 is 14.4. The van der Waals surface area contributed by atoms with Crippen LogP contribution < -0.4 is 0 Å². The molecular weight excluding hydrogens is 323 g/mol. The smallest absolute Gasteiger partial charge is 0.223 e. The van der Waals surface area contributed by atoms with Crippen molar-refractivity contribution in [1.82, 2.24) is 9.88 Å². The molecule has 0 unspecified atom stereocenters. The van der Waals surface area contributed by atoms with Gasteiger partial charge in [0.05, 0.1) is 15.2 Å². The second-order valence-electron chi connectivity index (χ2n) is 5.61. The molecule has 0 atom stereocenters. The topological polar surface area (TPSA) is 33.2 Å². The lowest BCUT2D eigenvalue weighted by Gasteiger charge is -2.21. The Labute approximate surface area is 144 Å². The number of aromatic nitrogens is 1. The first-order chi connectivity index (χ1) is 11.7. The second-order valence-corrected chi connectivity index (χ2v) is 6.73. The highest BCUT2D eigenvalue weighted by atomic mass is 32.1. The van der Waals surface area contributed by atoms with E-state index in [1.54, 1.807) is 22.3 Å². The van der Waals surface area contributed by atoms with Crippen LogP contribution in [0.4, 0.5) is 4.39 Å². The number of carbonyl (C=O) groups is 1. The normalized spacial score (nSPS) is 10.9. The van der Waals surface area contributed by atoms with Crippen LogP contribution in [0, 0.1) is 5.82 Å². The molecule has 0 spiro atoms. The van der Waals surface area contributed by atoms with Crippen molar-refractivity contribution in [3.8, 4) is 0 Å². The van der Waals surface area contributed by atoms with Gasteiger partial charge in [0.15, 0.2) is 0 Å². The van der Waals surface area contributed by atoms with Gasteiger partial charge in [0, 0.05) is 25.9 Å². The Balaban J connectivity index is 1.61. The minimum atomic E-state index is -0.273. The highest BCUT2D eigenvalue weighted by Crippen LogP contribution is 2.22. The largest absolute Gasteiger partial charge is 0.339 e. The van der Waals surface area contributed by atoms with Crippen LogP contribution in [0.25, 0.3) is 10.2 Å². The third-order valence-electron chi connectivity index (χ3n) is 3.89. The Morgan fingerprint density at radius 3 is 2.79 bits per heavy atom. The summed E-state index contributed by atoms with van der Waals surface area (Å²) >= 11 is 1.63. The van der Waals surface area contributed by atoms with Crippen molar-refractivity contribution in [3.63, 3.8) is 0 Å². The molecule has 5 heteroatoms. The van der Waals surface area contributed by atoms with Gasteiger partial charge in [-0.3, -0.25) is 4.79 Å². The first kappa shape index (κ1) is 16.6. The van der Waals surface area contributed by atoms with E-state index in [1.807, 2.05) is 37.3 Å². The van der Waals surface area contributed by atoms with Gasteiger partial charge >= 0.3 is 0 Å². The maximum Gasteiger partial charge on any atom is 0.223 e. The van der Waals surface area contributed by atoms with Crippen LogP contribution in [-0.2, 0) is 17.8 Å². The lowest BCUT2D eigenvalue weighted by atomic mass is 10.2. The van der Waals surface area contributed by atoms with Gasteiger partial charge in [0.1, 0.15) is 5.82 Å². The third kappa shape index (κ3) is 3.97. The molecule has 0 fully saturated rings. The summed E-state index contributed by atoms with van der Waals surface area (Å²) in [6.07, 6.45) is 1.06. The van der Waals surface area contributed by atoms with E-state index >= 15 is 0 Å². The molecule has 0 saturated carbocycles. The van der Waals surface area contributed by atoms with E-state index in [4.69, 9.17) is 0 Å². The quantitative estimate of drug-likeness (QED) is 0.664. The molecule has 2 aromatic carbocycles. The summed E-state index contributed by atoms with van der Waals surface area (Å²) in [4.78, 5) is 18.8. The van der Waals surface area contributed by atoms with Crippen molar-refractivity contribution in [3.05, 3.63) is 64.9 Å². The van der Waals surface area contributed by atoms with Crippen LogP contribution >= 0.6 is 11.3 Å². The lowest BCUT2D eigenvalue weighted by Crippen LogP contribution is -2.30. The van der Waals surface area contributed by atoms with Gasteiger partial charge in [0.2, 0.25) is 5.91 Å². The molecule has 3 nitrogen and oxygen atoms in total. The van der Waals surface area contributed by atoms with Crippen LogP contribution in [0.15, 0.2) is 48.5 Å². The predicted molar refractivity (Wildman–Crippen MR) is 95.4 cm³/mol. The molecule has 0 aliphatic heterocycles. The molecule has 24 heavy (non-hydrogen) atoms. The van der Waals surface area contributed by atoms with Gasteiger partial charge < -0.3 is 4.90 Å². The van der Waals surface area contributed by atoms with Crippen molar-refractivity contribution in [2.45, 2.75) is 26.3 Å². The van der Waals surface area contributed by atoms with E-state index in [9.17, 15) is 9.18 Å². The Morgan fingerprint density at radius 2 is 2.04 bits per heavy atom. The molecule has 1 heterocycles. The van der Waals surface area contributed by atoms with E-state index in [0.29, 0.717) is 25.9 Å². The SMILES string of the molecule is CCN(Cc1cccc(F)c1)C(=O)CCc1nc2ccccc2s1. The van der Waals surface area contributed by atoms with Crippen molar-refractivity contribution in [2.75, 3.05) is 6.54 Å². The number of carbonyl (C=O) groups excluding carboxylic acids is 1. The van der Waals surface area contributed by atoms with Crippen LogP contribution in [0.1, 0.15) is 23.9 Å². The summed E-state index contributed by atoms with van der Waals surface area (Å²) in [5, 5.41) is 0.978. The van der Waals surface area contributed by atoms with Gasteiger partial charge in [0.25, 0.3) is 0 Å². The van der Waals surface area contributed by atoms with Gasteiger partial charge in [-0.15, -0.1) is 11.3 Å². The molecule has 3 rings (SSSR count). The number of aryl methyl sites for hydroxylation is 1. The van der Waals surface area contributed by atoms with Crippen LogP contribution in [-0.4, -0.2) is 22.3 Å².